The second-order valence-electron chi connectivity index (χ2n) is 6.96. The standard InChI is InChI=1S/C18H24N2O3S2/c1-4-13(3)17(21)19-18-20(9-14-7-5-12(2)6-8-14)15-10-25(22,23)11-16(15)24-18/h5-8,13,15-16H,4,9-11H2,1-3H3/t13-,15-,16-/m0/s1. The molecule has 0 bridgehead atoms. The fourth-order valence-corrected chi connectivity index (χ4v) is 7.05. The largest absolute Gasteiger partial charge is 0.342 e. The van der Waals surface area contributed by atoms with Crippen molar-refractivity contribution in [3.63, 3.8) is 0 Å². The van der Waals surface area contributed by atoms with Gasteiger partial charge < -0.3 is 4.90 Å². The smallest absolute Gasteiger partial charge is 0.250 e. The summed E-state index contributed by atoms with van der Waals surface area (Å²) in [6.45, 7) is 6.46. The number of fused-ring (bicyclic) bond motifs is 1. The first-order chi connectivity index (χ1) is 11.8. The fraction of sp³-hybridized carbons (Fsp3) is 0.556. The Morgan fingerprint density at radius 2 is 2.00 bits per heavy atom. The molecule has 0 unspecified atom stereocenters. The van der Waals surface area contributed by atoms with Crippen molar-refractivity contribution in [2.24, 2.45) is 10.9 Å². The number of hydrogen-bond acceptors (Lipinski definition) is 4. The van der Waals surface area contributed by atoms with E-state index in [-0.39, 0.29) is 34.6 Å². The monoisotopic (exact) mass is 380 g/mol. The van der Waals surface area contributed by atoms with E-state index in [0.29, 0.717) is 11.7 Å². The third-order valence-corrected chi connectivity index (χ3v) is 8.14. The van der Waals surface area contributed by atoms with Gasteiger partial charge in [0.2, 0.25) is 0 Å². The topological polar surface area (TPSA) is 66.8 Å². The average molecular weight is 381 g/mol. The van der Waals surface area contributed by atoms with Gasteiger partial charge in [0.1, 0.15) is 0 Å². The zero-order chi connectivity index (χ0) is 18.2. The van der Waals surface area contributed by atoms with Gasteiger partial charge in [0.15, 0.2) is 15.0 Å². The van der Waals surface area contributed by atoms with E-state index in [1.54, 1.807) is 0 Å². The number of nitrogens with zero attached hydrogens (tertiary/aromatic N) is 2. The molecule has 136 valence electrons. The molecule has 2 heterocycles. The molecule has 2 aliphatic heterocycles. The number of aryl methyl sites for hydroxylation is 1. The molecule has 1 amide bonds. The van der Waals surface area contributed by atoms with E-state index in [4.69, 9.17) is 0 Å². The van der Waals surface area contributed by atoms with Crippen molar-refractivity contribution in [1.82, 2.24) is 4.90 Å². The minimum Gasteiger partial charge on any atom is -0.342 e. The van der Waals surface area contributed by atoms with E-state index in [2.05, 4.69) is 4.99 Å². The van der Waals surface area contributed by atoms with Crippen LogP contribution in [0.2, 0.25) is 0 Å². The molecule has 0 radical (unpaired) electrons. The van der Waals surface area contributed by atoms with Crippen LogP contribution in [0.1, 0.15) is 31.4 Å². The second-order valence-corrected chi connectivity index (χ2v) is 10.3. The van der Waals surface area contributed by atoms with E-state index in [1.165, 1.54) is 17.3 Å². The maximum atomic E-state index is 12.3. The van der Waals surface area contributed by atoms with Gasteiger partial charge in [0, 0.05) is 17.7 Å². The molecular weight excluding hydrogens is 356 g/mol. The lowest BCUT2D eigenvalue weighted by molar-refractivity contribution is -0.121. The third-order valence-electron chi connectivity index (χ3n) is 4.89. The van der Waals surface area contributed by atoms with Crippen LogP contribution in [0, 0.1) is 12.8 Å². The number of hydrogen-bond donors (Lipinski definition) is 0. The molecule has 0 aliphatic carbocycles. The lowest BCUT2D eigenvalue weighted by Crippen LogP contribution is -2.37. The van der Waals surface area contributed by atoms with Gasteiger partial charge in [-0.05, 0) is 18.9 Å². The lowest BCUT2D eigenvalue weighted by atomic mass is 10.1. The van der Waals surface area contributed by atoms with Crippen LogP contribution in [-0.2, 0) is 21.2 Å². The molecule has 2 saturated heterocycles. The van der Waals surface area contributed by atoms with E-state index in [0.717, 1.165) is 12.0 Å². The Bertz CT molecular complexity index is 787. The van der Waals surface area contributed by atoms with E-state index in [9.17, 15) is 13.2 Å². The Morgan fingerprint density at radius 3 is 2.64 bits per heavy atom. The van der Waals surface area contributed by atoms with Crippen LogP contribution in [0.5, 0.6) is 0 Å². The number of carbonyl (C=O) groups excluding carboxylic acids is 1. The molecule has 1 aromatic rings. The highest BCUT2D eigenvalue weighted by molar-refractivity contribution is 8.15. The summed E-state index contributed by atoms with van der Waals surface area (Å²) in [5.41, 5.74) is 2.28. The van der Waals surface area contributed by atoms with Crippen molar-refractivity contribution >= 4 is 32.7 Å². The zero-order valence-electron chi connectivity index (χ0n) is 14.8. The number of thioether (sulfide) groups is 1. The molecule has 2 aliphatic rings. The van der Waals surface area contributed by atoms with Crippen LogP contribution in [0.25, 0.3) is 0 Å². The van der Waals surface area contributed by atoms with Crippen molar-refractivity contribution in [2.75, 3.05) is 11.5 Å². The first-order valence-corrected chi connectivity index (χ1v) is 11.3. The van der Waals surface area contributed by atoms with Gasteiger partial charge >= 0.3 is 0 Å². The summed E-state index contributed by atoms with van der Waals surface area (Å²) in [5.74, 6) is 0.0799. The SMILES string of the molecule is CC[C@H](C)C(=O)N=C1S[C@H]2CS(=O)(=O)C[C@@H]2N1Cc1ccc(C)cc1. The summed E-state index contributed by atoms with van der Waals surface area (Å²) in [6.07, 6.45) is 0.749. The summed E-state index contributed by atoms with van der Waals surface area (Å²) >= 11 is 1.45. The fourth-order valence-electron chi connectivity index (χ4n) is 3.09. The molecule has 25 heavy (non-hydrogen) atoms. The van der Waals surface area contributed by atoms with Crippen LogP contribution in [0.3, 0.4) is 0 Å². The van der Waals surface area contributed by atoms with Crippen molar-refractivity contribution < 1.29 is 13.2 Å². The molecule has 3 atom stereocenters. The molecule has 0 spiro atoms. The maximum absolute atomic E-state index is 12.3. The summed E-state index contributed by atoms with van der Waals surface area (Å²) < 4.78 is 24.0. The van der Waals surface area contributed by atoms with Crippen molar-refractivity contribution in [3.05, 3.63) is 35.4 Å². The van der Waals surface area contributed by atoms with Gasteiger partial charge in [0.05, 0.1) is 17.5 Å². The van der Waals surface area contributed by atoms with E-state index >= 15 is 0 Å². The number of amides is 1. The van der Waals surface area contributed by atoms with Crippen LogP contribution in [0.4, 0.5) is 0 Å². The van der Waals surface area contributed by atoms with Gasteiger partial charge in [-0.2, -0.15) is 4.99 Å². The van der Waals surface area contributed by atoms with Gasteiger partial charge in [-0.1, -0.05) is 55.4 Å². The molecule has 7 heteroatoms. The highest BCUT2D eigenvalue weighted by atomic mass is 32.2. The Labute approximate surface area is 153 Å². The summed E-state index contributed by atoms with van der Waals surface area (Å²) in [5, 5.41) is 0.648. The predicted molar refractivity (Wildman–Crippen MR) is 102 cm³/mol. The predicted octanol–water partition coefficient (Wildman–Crippen LogP) is 2.64. The van der Waals surface area contributed by atoms with E-state index < -0.39 is 9.84 Å². The van der Waals surface area contributed by atoms with E-state index in [1.807, 2.05) is 49.9 Å². The normalized spacial score (nSPS) is 27.5. The number of benzene rings is 1. The van der Waals surface area contributed by atoms with Gasteiger partial charge in [-0.15, -0.1) is 0 Å². The Hall–Kier alpha value is -1.34. The quantitative estimate of drug-likeness (QED) is 0.803. The lowest BCUT2D eigenvalue weighted by Gasteiger charge is -2.24. The summed E-state index contributed by atoms with van der Waals surface area (Å²) in [6, 6.07) is 8.08. The minimum atomic E-state index is -3.01. The Kier molecular flexibility index (Phi) is 5.25. The summed E-state index contributed by atoms with van der Waals surface area (Å²) in [7, 11) is -3.01. The number of rotatable bonds is 4. The highest BCUT2D eigenvalue weighted by Crippen LogP contribution is 2.39. The van der Waals surface area contributed by atoms with Gasteiger partial charge in [-0.25, -0.2) is 8.42 Å². The van der Waals surface area contributed by atoms with Crippen LogP contribution < -0.4 is 0 Å². The molecule has 0 saturated carbocycles. The first-order valence-electron chi connectivity index (χ1n) is 8.61. The molecule has 3 rings (SSSR count). The second kappa shape index (κ2) is 7.11. The van der Waals surface area contributed by atoms with Gasteiger partial charge in [0.25, 0.3) is 5.91 Å². The molecule has 5 nitrogen and oxygen atoms in total. The average Bonchev–Trinajstić information content (AvgIpc) is 3.01. The molecular formula is C18H24N2O3S2. The molecule has 2 fully saturated rings. The molecule has 0 N–H and O–H groups in total. The van der Waals surface area contributed by atoms with Gasteiger partial charge in [-0.3, -0.25) is 4.79 Å². The molecule has 0 aromatic heterocycles. The highest BCUT2D eigenvalue weighted by Gasteiger charge is 2.48. The van der Waals surface area contributed by atoms with Crippen LogP contribution >= 0.6 is 11.8 Å². The maximum Gasteiger partial charge on any atom is 0.250 e. The summed E-state index contributed by atoms with van der Waals surface area (Å²) in [4.78, 5) is 18.6. The number of aliphatic imine (C=N–C) groups is 1. The van der Waals surface area contributed by atoms with Crippen molar-refractivity contribution in [2.45, 2.75) is 45.0 Å². The third kappa shape index (κ3) is 4.08. The van der Waals surface area contributed by atoms with Crippen LogP contribution in [0.15, 0.2) is 29.3 Å². The van der Waals surface area contributed by atoms with Crippen molar-refractivity contribution in [1.29, 1.82) is 0 Å². The van der Waals surface area contributed by atoms with Crippen molar-refractivity contribution in [3.8, 4) is 0 Å². The first kappa shape index (κ1) is 18.5. The number of amidine groups is 1. The minimum absolute atomic E-state index is 0.0288. The molecule has 1 aromatic carbocycles. The Balaban J connectivity index is 1.88. The zero-order valence-corrected chi connectivity index (χ0v) is 16.4. The Morgan fingerprint density at radius 1 is 1.32 bits per heavy atom. The number of carbonyl (C=O) groups is 1. The number of sulfone groups is 1. The van der Waals surface area contributed by atoms with Crippen LogP contribution in [-0.4, -0.2) is 47.2 Å².